The molecule has 0 radical (unpaired) electrons. The van der Waals surface area contributed by atoms with Gasteiger partial charge in [-0.15, -0.1) is 0 Å². The molecule has 30 heavy (non-hydrogen) atoms. The molecule has 0 spiro atoms. The van der Waals surface area contributed by atoms with Crippen LogP contribution in [0.4, 0.5) is 24.5 Å². The molecule has 3 aromatic rings. The third kappa shape index (κ3) is 4.56. The number of benzene rings is 2. The van der Waals surface area contributed by atoms with Gasteiger partial charge in [0.2, 0.25) is 0 Å². The van der Waals surface area contributed by atoms with Crippen molar-refractivity contribution in [2.45, 2.75) is 12.7 Å². The Morgan fingerprint density at radius 2 is 1.23 bits per heavy atom. The molecule has 2 heterocycles. The Kier molecular flexibility index (Phi) is 5.64. The lowest BCUT2D eigenvalue weighted by Gasteiger charge is -2.37. The average molecular weight is 481 g/mol. The van der Waals surface area contributed by atoms with Gasteiger partial charge in [0.05, 0.1) is 5.69 Å². The molecule has 9 heteroatoms. The highest BCUT2D eigenvalue weighted by Crippen LogP contribution is 2.23. The highest BCUT2D eigenvalue weighted by Gasteiger charge is 2.29. The number of aromatic nitrogens is 2. The van der Waals surface area contributed by atoms with Crippen LogP contribution in [0.1, 0.15) is 0 Å². The van der Waals surface area contributed by atoms with Crippen molar-refractivity contribution in [2.24, 2.45) is 0 Å². The van der Waals surface area contributed by atoms with Crippen molar-refractivity contribution >= 4 is 27.3 Å². The van der Waals surface area contributed by atoms with Gasteiger partial charge in [-0.1, -0.05) is 15.9 Å². The van der Waals surface area contributed by atoms with E-state index < -0.39 is 18.4 Å². The quantitative estimate of drug-likeness (QED) is 0.558. The summed E-state index contributed by atoms with van der Waals surface area (Å²) in [6.45, 7) is 2.21. The van der Waals surface area contributed by atoms with Crippen molar-refractivity contribution in [1.82, 2.24) is 9.13 Å². The first-order valence-corrected chi connectivity index (χ1v) is 10.3. The van der Waals surface area contributed by atoms with Crippen molar-refractivity contribution < 1.29 is 13.2 Å². The summed E-state index contributed by atoms with van der Waals surface area (Å²) in [5.41, 5.74) is 2.05. The van der Waals surface area contributed by atoms with Gasteiger partial charge in [0.15, 0.2) is 0 Å². The van der Waals surface area contributed by atoms with E-state index in [0.29, 0.717) is 10.3 Å². The third-order valence-electron chi connectivity index (χ3n) is 5.16. The monoisotopic (exact) mass is 480 g/mol. The second kappa shape index (κ2) is 8.22. The molecule has 0 aliphatic carbocycles. The van der Waals surface area contributed by atoms with Gasteiger partial charge < -0.3 is 9.80 Å². The van der Waals surface area contributed by atoms with Gasteiger partial charge in [0, 0.05) is 54.4 Å². The number of anilines is 2. The van der Waals surface area contributed by atoms with Crippen molar-refractivity contribution in [3.05, 3.63) is 75.9 Å². The maximum atomic E-state index is 12.6. The largest absolute Gasteiger partial charge is 0.406 e. The fourth-order valence-corrected chi connectivity index (χ4v) is 3.89. The van der Waals surface area contributed by atoms with Crippen LogP contribution in [0.5, 0.6) is 0 Å². The topological polar surface area (TPSA) is 33.4 Å². The van der Waals surface area contributed by atoms with E-state index in [1.807, 2.05) is 24.3 Å². The molecule has 1 saturated heterocycles. The van der Waals surface area contributed by atoms with E-state index in [2.05, 4.69) is 37.9 Å². The molecule has 0 N–H and O–H groups in total. The highest BCUT2D eigenvalue weighted by molar-refractivity contribution is 9.10. The minimum absolute atomic E-state index is 0.540. The van der Waals surface area contributed by atoms with E-state index in [1.54, 1.807) is 12.1 Å². The summed E-state index contributed by atoms with van der Waals surface area (Å²) in [6.07, 6.45) is -1.91. The van der Waals surface area contributed by atoms with Crippen molar-refractivity contribution in [3.63, 3.8) is 0 Å². The van der Waals surface area contributed by atoms with Gasteiger partial charge in [-0.3, -0.25) is 9.13 Å². The zero-order chi connectivity index (χ0) is 21.3. The van der Waals surface area contributed by atoms with Crippen LogP contribution in [0.2, 0.25) is 0 Å². The van der Waals surface area contributed by atoms with Crippen LogP contribution in [0.25, 0.3) is 5.69 Å². The lowest BCUT2D eigenvalue weighted by molar-refractivity contribution is -0.141. The molecule has 5 nitrogen and oxygen atoms in total. The number of alkyl halides is 3. The van der Waals surface area contributed by atoms with Crippen LogP contribution in [0.3, 0.4) is 0 Å². The Labute approximate surface area is 180 Å². The molecule has 1 aliphatic rings. The molecule has 0 saturated carbocycles. The van der Waals surface area contributed by atoms with Crippen molar-refractivity contribution in [2.75, 3.05) is 36.0 Å². The number of rotatable bonds is 4. The molecule has 1 aliphatic heterocycles. The molecule has 4 rings (SSSR count). The van der Waals surface area contributed by atoms with Crippen LogP contribution < -0.4 is 15.5 Å². The predicted molar refractivity (Wildman–Crippen MR) is 115 cm³/mol. The average Bonchev–Trinajstić information content (AvgIpc) is 3.07. The number of piperazine rings is 1. The summed E-state index contributed by atoms with van der Waals surface area (Å²) in [6, 6.07) is 15.6. The molecule has 0 bridgehead atoms. The Hall–Kier alpha value is -2.68. The smallest absolute Gasteiger partial charge is 0.368 e. The van der Waals surface area contributed by atoms with Crippen molar-refractivity contribution in [1.29, 1.82) is 0 Å². The minimum Gasteiger partial charge on any atom is -0.368 e. The summed E-state index contributed by atoms with van der Waals surface area (Å²) in [4.78, 5) is 16.8. The molecule has 2 aromatic carbocycles. The molecule has 158 valence electrons. The van der Waals surface area contributed by atoms with Gasteiger partial charge in [0.1, 0.15) is 6.54 Å². The standard InChI is InChI=1S/C21H20BrF3N4O/c22-16-1-3-17(4-2-16)26-9-11-27(12-10-26)18-5-7-19(8-6-18)29-14-13-28(20(29)30)15-21(23,24)25/h1-8,13-14H,9-12,15H2. The van der Waals surface area contributed by atoms with E-state index in [0.717, 1.165) is 42.5 Å². The van der Waals surface area contributed by atoms with Crippen LogP contribution in [0, 0.1) is 0 Å². The number of hydrogen-bond donors (Lipinski definition) is 0. The molecular formula is C21H20BrF3N4O. The molecule has 0 amide bonds. The molecule has 1 fully saturated rings. The van der Waals surface area contributed by atoms with E-state index in [1.165, 1.54) is 16.5 Å². The summed E-state index contributed by atoms with van der Waals surface area (Å²) in [7, 11) is 0. The zero-order valence-corrected chi connectivity index (χ0v) is 17.6. The van der Waals surface area contributed by atoms with Gasteiger partial charge in [0.25, 0.3) is 0 Å². The fourth-order valence-electron chi connectivity index (χ4n) is 3.62. The molecule has 0 atom stereocenters. The Balaban J connectivity index is 1.42. The Morgan fingerprint density at radius 3 is 1.73 bits per heavy atom. The first-order chi connectivity index (χ1) is 14.3. The highest BCUT2D eigenvalue weighted by atomic mass is 79.9. The first kappa shape index (κ1) is 20.6. The lowest BCUT2D eigenvalue weighted by Crippen LogP contribution is -2.46. The van der Waals surface area contributed by atoms with E-state index in [-0.39, 0.29) is 0 Å². The number of halogens is 4. The summed E-state index contributed by atoms with van der Waals surface area (Å²) in [5.74, 6) is 0. The molecular weight excluding hydrogens is 461 g/mol. The van der Waals surface area contributed by atoms with Crippen molar-refractivity contribution in [3.8, 4) is 5.69 Å². The van der Waals surface area contributed by atoms with Crippen LogP contribution in [-0.2, 0) is 6.54 Å². The number of nitrogens with zero attached hydrogens (tertiary/aromatic N) is 4. The van der Waals surface area contributed by atoms with Gasteiger partial charge in [-0.05, 0) is 48.5 Å². The number of hydrogen-bond acceptors (Lipinski definition) is 3. The second-order valence-electron chi connectivity index (χ2n) is 7.16. The van der Waals surface area contributed by atoms with E-state index in [9.17, 15) is 18.0 Å². The fraction of sp³-hybridized carbons (Fsp3) is 0.286. The van der Waals surface area contributed by atoms with Crippen LogP contribution in [0.15, 0.2) is 70.2 Å². The maximum absolute atomic E-state index is 12.6. The normalized spacial score (nSPS) is 14.9. The van der Waals surface area contributed by atoms with Crippen LogP contribution in [-0.4, -0.2) is 41.5 Å². The Bertz CT molecular complexity index is 1050. The predicted octanol–water partition coefficient (Wildman–Crippen LogP) is 4.29. The van der Waals surface area contributed by atoms with E-state index >= 15 is 0 Å². The summed E-state index contributed by atoms with van der Waals surface area (Å²) >= 11 is 3.45. The second-order valence-corrected chi connectivity index (χ2v) is 8.08. The van der Waals surface area contributed by atoms with E-state index in [4.69, 9.17) is 0 Å². The SMILES string of the molecule is O=c1n(CC(F)(F)F)ccn1-c1ccc(N2CCN(c3ccc(Br)cc3)CC2)cc1. The summed E-state index contributed by atoms with van der Waals surface area (Å²) in [5, 5.41) is 0. The first-order valence-electron chi connectivity index (χ1n) is 9.51. The van der Waals surface area contributed by atoms with Gasteiger partial charge >= 0.3 is 11.9 Å². The van der Waals surface area contributed by atoms with Gasteiger partial charge in [-0.25, -0.2) is 4.79 Å². The van der Waals surface area contributed by atoms with Gasteiger partial charge in [-0.2, -0.15) is 13.2 Å². The third-order valence-corrected chi connectivity index (χ3v) is 5.69. The Morgan fingerprint density at radius 1 is 0.767 bits per heavy atom. The van der Waals surface area contributed by atoms with Crippen LogP contribution >= 0.6 is 15.9 Å². The number of imidazole rings is 1. The zero-order valence-electron chi connectivity index (χ0n) is 16.0. The minimum atomic E-state index is -4.43. The molecule has 1 aromatic heterocycles. The molecule has 0 unspecified atom stereocenters. The summed E-state index contributed by atoms with van der Waals surface area (Å²) < 4.78 is 40.6. The lowest BCUT2D eigenvalue weighted by atomic mass is 10.2. The maximum Gasteiger partial charge on any atom is 0.406 e.